The zero-order valence-electron chi connectivity index (χ0n) is 12.8. The van der Waals surface area contributed by atoms with E-state index < -0.39 is 0 Å². The van der Waals surface area contributed by atoms with Crippen molar-refractivity contribution >= 4 is 11.8 Å². The lowest BCUT2D eigenvalue weighted by atomic mass is 10.1. The monoisotopic (exact) mass is 312 g/mol. The molecule has 114 valence electrons. The van der Waals surface area contributed by atoms with Crippen LogP contribution in [0.2, 0.25) is 0 Å². The highest BCUT2D eigenvalue weighted by atomic mass is 32.2. The van der Waals surface area contributed by atoms with Crippen molar-refractivity contribution in [2.45, 2.75) is 25.4 Å². The second-order valence-corrected chi connectivity index (χ2v) is 6.91. The molecule has 2 aromatic rings. The summed E-state index contributed by atoms with van der Waals surface area (Å²) in [5, 5.41) is 9.20. The van der Waals surface area contributed by atoms with Gasteiger partial charge in [0.1, 0.15) is 11.5 Å². The van der Waals surface area contributed by atoms with Gasteiger partial charge in [-0.25, -0.2) is 0 Å². The van der Waals surface area contributed by atoms with E-state index in [9.17, 15) is 5.26 Å². The minimum Gasteiger partial charge on any atom is -0.460 e. The van der Waals surface area contributed by atoms with Gasteiger partial charge in [-0.1, -0.05) is 12.1 Å². The van der Waals surface area contributed by atoms with Crippen molar-refractivity contribution in [3.63, 3.8) is 0 Å². The van der Waals surface area contributed by atoms with E-state index in [1.165, 1.54) is 24.3 Å². The van der Waals surface area contributed by atoms with Crippen LogP contribution in [-0.2, 0) is 6.54 Å². The maximum atomic E-state index is 9.20. The van der Waals surface area contributed by atoms with Crippen LogP contribution in [0.15, 0.2) is 40.8 Å². The summed E-state index contributed by atoms with van der Waals surface area (Å²) in [6.07, 6.45) is 2.51. The molecule has 0 bridgehead atoms. The third-order valence-corrected chi connectivity index (χ3v) is 5.24. The zero-order valence-corrected chi connectivity index (χ0v) is 13.6. The normalized spacial score (nSPS) is 15.9. The van der Waals surface area contributed by atoms with Crippen LogP contribution in [0.3, 0.4) is 0 Å². The number of nitriles is 1. The Hall–Kier alpha value is -1.70. The lowest BCUT2D eigenvalue weighted by Gasteiger charge is -2.30. The van der Waals surface area contributed by atoms with Crippen LogP contribution in [-0.4, -0.2) is 29.5 Å². The molecular formula is C18H20N2OS. The van der Waals surface area contributed by atoms with E-state index in [1.54, 1.807) is 0 Å². The number of nitrogens with zero attached hydrogens (tertiary/aromatic N) is 2. The molecule has 0 spiro atoms. The van der Waals surface area contributed by atoms with Crippen LogP contribution in [0.4, 0.5) is 0 Å². The Morgan fingerprint density at radius 2 is 2.00 bits per heavy atom. The summed E-state index contributed by atoms with van der Waals surface area (Å²) in [7, 11) is 2.17. The molecule has 22 heavy (non-hydrogen) atoms. The Morgan fingerprint density at radius 3 is 2.77 bits per heavy atom. The lowest BCUT2D eigenvalue weighted by molar-refractivity contribution is 0.206. The maximum absolute atomic E-state index is 9.20. The van der Waals surface area contributed by atoms with E-state index in [0.717, 1.165) is 23.6 Å². The van der Waals surface area contributed by atoms with Gasteiger partial charge in [0.25, 0.3) is 0 Å². The molecule has 1 saturated heterocycles. The molecule has 0 N–H and O–H groups in total. The molecule has 1 aromatic heterocycles. The van der Waals surface area contributed by atoms with Crippen molar-refractivity contribution in [3.05, 3.63) is 47.7 Å². The van der Waals surface area contributed by atoms with Crippen molar-refractivity contribution < 1.29 is 4.42 Å². The minimum absolute atomic E-state index is 0.654. The van der Waals surface area contributed by atoms with Crippen LogP contribution >= 0.6 is 11.8 Å². The molecule has 0 unspecified atom stereocenters. The largest absolute Gasteiger partial charge is 0.460 e. The summed E-state index contributed by atoms with van der Waals surface area (Å²) in [6.45, 7) is 0.823. The quantitative estimate of drug-likeness (QED) is 0.850. The zero-order chi connectivity index (χ0) is 15.4. The minimum atomic E-state index is 0.654. The molecule has 2 heterocycles. The fourth-order valence-electron chi connectivity index (χ4n) is 2.90. The molecule has 0 atom stereocenters. The topological polar surface area (TPSA) is 40.2 Å². The summed E-state index contributed by atoms with van der Waals surface area (Å²) < 4.78 is 5.98. The average Bonchev–Trinajstić information content (AvgIpc) is 3.04. The Balaban J connectivity index is 1.72. The first-order valence-electron chi connectivity index (χ1n) is 7.64. The first kappa shape index (κ1) is 15.2. The Morgan fingerprint density at radius 1 is 1.23 bits per heavy atom. The molecule has 0 aliphatic carbocycles. The molecule has 0 saturated carbocycles. The van der Waals surface area contributed by atoms with E-state index in [-0.39, 0.29) is 0 Å². The van der Waals surface area contributed by atoms with Crippen LogP contribution in [0, 0.1) is 11.3 Å². The molecule has 1 fully saturated rings. The van der Waals surface area contributed by atoms with Crippen LogP contribution < -0.4 is 0 Å². The van der Waals surface area contributed by atoms with Gasteiger partial charge in [-0.2, -0.15) is 17.0 Å². The number of benzene rings is 1. The summed E-state index contributed by atoms with van der Waals surface area (Å²) in [5.74, 6) is 4.25. The van der Waals surface area contributed by atoms with Crippen molar-refractivity contribution in [2.24, 2.45) is 0 Å². The Bertz CT molecular complexity index is 668. The molecule has 4 heteroatoms. The van der Waals surface area contributed by atoms with Crippen LogP contribution in [0.5, 0.6) is 0 Å². The van der Waals surface area contributed by atoms with Gasteiger partial charge < -0.3 is 4.42 Å². The second-order valence-electron chi connectivity index (χ2n) is 5.68. The number of furan rings is 1. The molecule has 0 radical (unpaired) electrons. The van der Waals surface area contributed by atoms with Gasteiger partial charge >= 0.3 is 0 Å². The lowest BCUT2D eigenvalue weighted by Crippen LogP contribution is -2.34. The fourth-order valence-corrected chi connectivity index (χ4v) is 3.99. The highest BCUT2D eigenvalue weighted by molar-refractivity contribution is 7.99. The highest BCUT2D eigenvalue weighted by Crippen LogP contribution is 2.27. The van der Waals surface area contributed by atoms with Crippen molar-refractivity contribution in [1.29, 1.82) is 5.26 Å². The maximum Gasteiger partial charge on any atom is 0.135 e. The fraction of sp³-hybridized carbons (Fsp3) is 0.389. The van der Waals surface area contributed by atoms with Gasteiger partial charge in [-0.3, -0.25) is 4.90 Å². The Kier molecular flexibility index (Phi) is 4.87. The van der Waals surface area contributed by atoms with E-state index in [4.69, 9.17) is 4.42 Å². The van der Waals surface area contributed by atoms with Gasteiger partial charge in [0.05, 0.1) is 18.2 Å². The molecule has 3 rings (SSSR count). The molecule has 1 aliphatic rings. The molecule has 1 aromatic carbocycles. The Labute approximate surface area is 135 Å². The van der Waals surface area contributed by atoms with Crippen molar-refractivity contribution in [1.82, 2.24) is 4.90 Å². The number of rotatable bonds is 4. The highest BCUT2D eigenvalue weighted by Gasteiger charge is 2.19. The number of thioether (sulfide) groups is 1. The van der Waals surface area contributed by atoms with E-state index in [2.05, 4.69) is 18.0 Å². The predicted octanol–water partition coefficient (Wildman–Crippen LogP) is 4.15. The number of hydrogen-bond donors (Lipinski definition) is 0. The first-order valence-corrected chi connectivity index (χ1v) is 8.79. The molecule has 0 amide bonds. The SMILES string of the molecule is CN(Cc1ccc(-c2ccccc2C#N)o1)C1CCSCC1. The first-order chi connectivity index (χ1) is 10.8. The summed E-state index contributed by atoms with van der Waals surface area (Å²) >= 11 is 2.05. The summed E-state index contributed by atoms with van der Waals surface area (Å²) in [4.78, 5) is 2.39. The predicted molar refractivity (Wildman–Crippen MR) is 90.7 cm³/mol. The van der Waals surface area contributed by atoms with Crippen LogP contribution in [0.1, 0.15) is 24.2 Å². The average molecular weight is 312 g/mol. The van der Waals surface area contributed by atoms with E-state index >= 15 is 0 Å². The van der Waals surface area contributed by atoms with Gasteiger partial charge in [-0.05, 0) is 55.7 Å². The van der Waals surface area contributed by atoms with E-state index in [0.29, 0.717) is 11.6 Å². The summed E-state index contributed by atoms with van der Waals surface area (Å²) in [6, 6.07) is 14.4. The van der Waals surface area contributed by atoms with Crippen molar-refractivity contribution in [2.75, 3.05) is 18.6 Å². The molecule has 3 nitrogen and oxygen atoms in total. The van der Waals surface area contributed by atoms with Gasteiger partial charge in [0.2, 0.25) is 0 Å². The third kappa shape index (κ3) is 3.37. The standard InChI is InChI=1S/C18H20N2OS/c1-20(15-8-10-22-11-9-15)13-16-6-7-18(21-16)17-5-3-2-4-14(17)12-19/h2-7,15H,8-11,13H2,1H3. The van der Waals surface area contributed by atoms with Crippen LogP contribution in [0.25, 0.3) is 11.3 Å². The third-order valence-electron chi connectivity index (χ3n) is 4.19. The van der Waals surface area contributed by atoms with Gasteiger partial charge in [0, 0.05) is 11.6 Å². The molecule has 1 aliphatic heterocycles. The number of hydrogen-bond acceptors (Lipinski definition) is 4. The van der Waals surface area contributed by atoms with E-state index in [1.807, 2.05) is 48.2 Å². The molecular weight excluding hydrogens is 292 g/mol. The second kappa shape index (κ2) is 7.04. The van der Waals surface area contributed by atoms with Gasteiger partial charge in [-0.15, -0.1) is 0 Å². The smallest absolute Gasteiger partial charge is 0.135 e. The summed E-state index contributed by atoms with van der Waals surface area (Å²) in [5.41, 5.74) is 1.52. The van der Waals surface area contributed by atoms with Crippen molar-refractivity contribution in [3.8, 4) is 17.4 Å². The van der Waals surface area contributed by atoms with Gasteiger partial charge in [0.15, 0.2) is 0 Å².